The second-order valence-corrected chi connectivity index (χ2v) is 6.27. The highest BCUT2D eigenvalue weighted by atomic mass is 19.2. The van der Waals surface area contributed by atoms with Crippen molar-refractivity contribution in [3.05, 3.63) is 41.2 Å². The number of piperidine rings is 1. The zero-order chi connectivity index (χ0) is 20.1. The summed E-state index contributed by atoms with van der Waals surface area (Å²) in [7, 11) is 0. The molecular formula is C18H19F3N2O4. The Hall–Kier alpha value is -2.84. The molecule has 1 aliphatic rings. The van der Waals surface area contributed by atoms with Crippen LogP contribution in [0.3, 0.4) is 0 Å². The van der Waals surface area contributed by atoms with Gasteiger partial charge < -0.3 is 15.3 Å². The highest BCUT2D eigenvalue weighted by Crippen LogP contribution is 2.19. The summed E-state index contributed by atoms with van der Waals surface area (Å²) in [4.78, 5) is 36.4. The Morgan fingerprint density at radius 1 is 1.19 bits per heavy atom. The van der Waals surface area contributed by atoms with Gasteiger partial charge in [-0.25, -0.2) is 13.2 Å². The van der Waals surface area contributed by atoms with E-state index in [1.165, 1.54) is 11.8 Å². The van der Waals surface area contributed by atoms with E-state index in [9.17, 15) is 27.6 Å². The van der Waals surface area contributed by atoms with Crippen molar-refractivity contribution in [3.63, 3.8) is 0 Å². The highest BCUT2D eigenvalue weighted by Gasteiger charge is 2.28. The summed E-state index contributed by atoms with van der Waals surface area (Å²) in [6.07, 6.45) is 2.84. The Morgan fingerprint density at radius 3 is 2.41 bits per heavy atom. The number of aliphatic carboxylic acids is 1. The molecule has 1 fully saturated rings. The molecule has 9 heteroatoms. The number of nitrogens with one attached hydrogen (secondary N) is 1. The number of amides is 2. The number of nitrogens with zero attached hydrogens (tertiary/aromatic N) is 1. The molecule has 0 bridgehead atoms. The summed E-state index contributed by atoms with van der Waals surface area (Å²) in [6.45, 7) is 1.90. The fraction of sp³-hybridized carbons (Fsp3) is 0.389. The van der Waals surface area contributed by atoms with Crippen molar-refractivity contribution >= 4 is 23.9 Å². The van der Waals surface area contributed by atoms with E-state index in [4.69, 9.17) is 5.11 Å². The lowest BCUT2D eigenvalue weighted by molar-refractivity contribution is -0.142. The molecule has 0 aromatic heterocycles. The number of carboxylic acids is 1. The third-order valence-electron chi connectivity index (χ3n) is 4.38. The van der Waals surface area contributed by atoms with Gasteiger partial charge in [0.2, 0.25) is 11.8 Å². The Morgan fingerprint density at radius 2 is 1.81 bits per heavy atom. The van der Waals surface area contributed by atoms with Gasteiger partial charge in [0.1, 0.15) is 6.04 Å². The predicted octanol–water partition coefficient (Wildman–Crippen LogP) is 1.94. The van der Waals surface area contributed by atoms with Crippen LogP contribution in [-0.2, 0) is 14.4 Å². The zero-order valence-electron chi connectivity index (χ0n) is 14.5. The fourth-order valence-electron chi connectivity index (χ4n) is 2.69. The lowest BCUT2D eigenvalue weighted by atomic mass is 9.95. The quantitative estimate of drug-likeness (QED) is 0.600. The van der Waals surface area contributed by atoms with E-state index >= 15 is 0 Å². The van der Waals surface area contributed by atoms with E-state index in [1.54, 1.807) is 0 Å². The fourth-order valence-corrected chi connectivity index (χ4v) is 2.69. The average Bonchev–Trinajstić information content (AvgIpc) is 2.65. The van der Waals surface area contributed by atoms with E-state index in [2.05, 4.69) is 5.32 Å². The summed E-state index contributed by atoms with van der Waals surface area (Å²) in [5, 5.41) is 11.2. The molecule has 146 valence electrons. The monoisotopic (exact) mass is 384 g/mol. The third-order valence-corrected chi connectivity index (χ3v) is 4.38. The Bertz CT molecular complexity index is 774. The summed E-state index contributed by atoms with van der Waals surface area (Å²) < 4.78 is 39.6. The van der Waals surface area contributed by atoms with Crippen molar-refractivity contribution in [1.82, 2.24) is 10.2 Å². The van der Waals surface area contributed by atoms with Gasteiger partial charge >= 0.3 is 5.97 Å². The van der Waals surface area contributed by atoms with E-state index < -0.39 is 41.3 Å². The Labute approximate surface area is 153 Å². The molecule has 1 aliphatic heterocycles. The molecule has 1 saturated heterocycles. The number of carbonyl (C=O) groups is 3. The van der Waals surface area contributed by atoms with Crippen LogP contribution in [0.5, 0.6) is 0 Å². The summed E-state index contributed by atoms with van der Waals surface area (Å²) in [6, 6.07) is 0.800. The number of likely N-dealkylation sites (tertiary alicyclic amines) is 1. The van der Waals surface area contributed by atoms with Crippen molar-refractivity contribution in [2.24, 2.45) is 5.92 Å². The van der Waals surface area contributed by atoms with Crippen LogP contribution in [0.1, 0.15) is 25.3 Å². The molecule has 6 nitrogen and oxygen atoms in total. The molecule has 1 atom stereocenters. The van der Waals surface area contributed by atoms with Crippen molar-refractivity contribution < 1.29 is 32.7 Å². The summed E-state index contributed by atoms with van der Waals surface area (Å²) in [5.41, 5.74) is -0.251. The van der Waals surface area contributed by atoms with Gasteiger partial charge in [0.25, 0.3) is 0 Å². The first kappa shape index (κ1) is 20.5. The molecule has 2 amide bonds. The van der Waals surface area contributed by atoms with Crippen LogP contribution < -0.4 is 5.32 Å². The van der Waals surface area contributed by atoms with Gasteiger partial charge in [0.05, 0.1) is 0 Å². The van der Waals surface area contributed by atoms with Crippen molar-refractivity contribution in [1.29, 1.82) is 0 Å². The highest BCUT2D eigenvalue weighted by molar-refractivity contribution is 5.92. The Balaban J connectivity index is 1.90. The van der Waals surface area contributed by atoms with Gasteiger partial charge in [-0.3, -0.25) is 14.4 Å². The van der Waals surface area contributed by atoms with Crippen LogP contribution in [-0.4, -0.2) is 46.9 Å². The van der Waals surface area contributed by atoms with Crippen molar-refractivity contribution in [3.8, 4) is 0 Å². The van der Waals surface area contributed by atoms with Crippen LogP contribution in [0.2, 0.25) is 0 Å². The molecular weight excluding hydrogens is 365 g/mol. The number of hydrogen-bond donors (Lipinski definition) is 2. The van der Waals surface area contributed by atoms with Gasteiger partial charge in [-0.05, 0) is 38.0 Å². The number of rotatable bonds is 5. The maximum Gasteiger partial charge on any atom is 0.325 e. The minimum absolute atomic E-state index is 0.251. The van der Waals surface area contributed by atoms with Crippen molar-refractivity contribution in [2.45, 2.75) is 25.8 Å². The lowest BCUT2D eigenvalue weighted by Gasteiger charge is -2.31. The van der Waals surface area contributed by atoms with Gasteiger partial charge in [-0.15, -0.1) is 0 Å². The van der Waals surface area contributed by atoms with Crippen LogP contribution >= 0.6 is 0 Å². The van der Waals surface area contributed by atoms with Crippen LogP contribution in [0, 0.1) is 23.4 Å². The third kappa shape index (κ3) is 5.08. The van der Waals surface area contributed by atoms with Gasteiger partial charge in [-0.2, -0.15) is 0 Å². The topological polar surface area (TPSA) is 86.7 Å². The molecule has 0 aliphatic carbocycles. The standard InChI is InChI=1S/C18H19F3N2O4/c1-10(18(26)27)22-17(25)12-6-8-23(9-7-12)14(24)5-3-11-2-4-13(19)16(21)15(11)20/h2-5,10,12H,6-9H2,1H3,(H,22,25)(H,26,27). The molecule has 1 aromatic rings. The molecule has 1 aromatic carbocycles. The van der Waals surface area contributed by atoms with Gasteiger partial charge in [0, 0.05) is 30.6 Å². The van der Waals surface area contributed by atoms with Crippen molar-refractivity contribution in [2.75, 3.05) is 13.1 Å². The van der Waals surface area contributed by atoms with Gasteiger partial charge in [0.15, 0.2) is 17.5 Å². The number of carbonyl (C=O) groups excluding carboxylic acids is 2. The molecule has 0 spiro atoms. The molecule has 2 rings (SSSR count). The normalized spacial score (nSPS) is 16.4. The van der Waals surface area contributed by atoms with Crippen LogP contribution in [0.25, 0.3) is 6.08 Å². The van der Waals surface area contributed by atoms with E-state index in [1.807, 2.05) is 0 Å². The predicted molar refractivity (Wildman–Crippen MR) is 89.9 cm³/mol. The van der Waals surface area contributed by atoms with Crippen LogP contribution in [0.15, 0.2) is 18.2 Å². The summed E-state index contributed by atoms with van der Waals surface area (Å²) in [5.74, 6) is -6.65. The van der Waals surface area contributed by atoms with Crippen LogP contribution in [0.4, 0.5) is 13.2 Å². The minimum atomic E-state index is -1.60. The molecule has 0 saturated carbocycles. The average molecular weight is 384 g/mol. The molecule has 1 heterocycles. The van der Waals surface area contributed by atoms with Gasteiger partial charge in [-0.1, -0.05) is 0 Å². The number of halogens is 3. The number of carboxylic acid groups (broad SMARTS) is 1. The van der Waals surface area contributed by atoms with E-state index in [0.29, 0.717) is 12.8 Å². The number of hydrogen-bond acceptors (Lipinski definition) is 3. The zero-order valence-corrected chi connectivity index (χ0v) is 14.5. The smallest absolute Gasteiger partial charge is 0.325 e. The SMILES string of the molecule is CC(NC(=O)C1CCN(C(=O)C=Cc2ccc(F)c(F)c2F)CC1)C(=O)O. The largest absolute Gasteiger partial charge is 0.480 e. The minimum Gasteiger partial charge on any atom is -0.480 e. The number of benzene rings is 1. The maximum atomic E-state index is 13.6. The second kappa shape index (κ2) is 8.70. The second-order valence-electron chi connectivity index (χ2n) is 6.27. The molecule has 0 radical (unpaired) electrons. The first-order valence-electron chi connectivity index (χ1n) is 8.34. The first-order valence-corrected chi connectivity index (χ1v) is 8.34. The van der Waals surface area contributed by atoms with E-state index in [-0.39, 0.29) is 24.6 Å². The Kier molecular flexibility index (Phi) is 6.59. The maximum absolute atomic E-state index is 13.6. The first-order chi connectivity index (χ1) is 12.7. The molecule has 2 N–H and O–H groups in total. The molecule has 1 unspecified atom stereocenters. The van der Waals surface area contributed by atoms with E-state index in [0.717, 1.165) is 24.3 Å². The molecule has 27 heavy (non-hydrogen) atoms. The summed E-state index contributed by atoms with van der Waals surface area (Å²) >= 11 is 0. The lowest BCUT2D eigenvalue weighted by Crippen LogP contribution is -2.46.